The molecular weight excluding hydrogens is 214 g/mol. The average Bonchev–Trinajstić information content (AvgIpc) is 2.37. The minimum absolute atomic E-state index is 0.355. The first-order valence-electron chi connectivity index (χ1n) is 5.92. The maximum atomic E-state index is 8.61. The molecule has 1 aliphatic rings. The van der Waals surface area contributed by atoms with Gasteiger partial charge < -0.3 is 10.2 Å². The summed E-state index contributed by atoms with van der Waals surface area (Å²) in [7, 11) is 2.16. The van der Waals surface area contributed by atoms with Gasteiger partial charge in [-0.1, -0.05) is 0 Å². The molecule has 2 rings (SSSR count). The van der Waals surface area contributed by atoms with Gasteiger partial charge in [-0.3, -0.25) is 0 Å². The predicted molar refractivity (Wildman–Crippen MR) is 65.5 cm³/mol. The van der Waals surface area contributed by atoms with E-state index in [1.165, 1.54) is 25.6 Å². The molecule has 5 heteroatoms. The van der Waals surface area contributed by atoms with Crippen molar-refractivity contribution in [3.8, 4) is 6.07 Å². The van der Waals surface area contributed by atoms with E-state index >= 15 is 0 Å². The smallest absolute Gasteiger partial charge is 0.158 e. The first-order valence-corrected chi connectivity index (χ1v) is 5.92. The van der Waals surface area contributed by atoms with Crippen molar-refractivity contribution in [2.75, 3.05) is 32.0 Å². The third kappa shape index (κ3) is 3.40. The molecule has 0 spiro atoms. The monoisotopic (exact) mass is 231 g/mol. The molecule has 0 aromatic carbocycles. The first kappa shape index (κ1) is 11.8. The molecule has 0 bridgehead atoms. The summed E-state index contributed by atoms with van der Waals surface area (Å²) >= 11 is 0. The molecule has 0 amide bonds. The van der Waals surface area contributed by atoms with Gasteiger partial charge in [0.1, 0.15) is 11.9 Å². The second-order valence-electron chi connectivity index (χ2n) is 4.55. The molecule has 2 heterocycles. The van der Waals surface area contributed by atoms with Crippen LogP contribution in [0.2, 0.25) is 0 Å². The number of nitriles is 1. The minimum Gasteiger partial charge on any atom is -0.368 e. The zero-order valence-electron chi connectivity index (χ0n) is 10.1. The second-order valence-corrected chi connectivity index (χ2v) is 4.55. The molecule has 1 aromatic heterocycles. The van der Waals surface area contributed by atoms with Gasteiger partial charge in [-0.05, 0) is 32.4 Å². The molecule has 1 aliphatic heterocycles. The number of nitrogens with one attached hydrogen (secondary N) is 1. The largest absolute Gasteiger partial charge is 0.368 e. The van der Waals surface area contributed by atoms with Crippen LogP contribution in [0.5, 0.6) is 0 Å². The van der Waals surface area contributed by atoms with Crippen LogP contribution in [0.4, 0.5) is 5.82 Å². The number of hydrogen-bond donors (Lipinski definition) is 1. The van der Waals surface area contributed by atoms with Crippen molar-refractivity contribution in [1.29, 1.82) is 5.26 Å². The molecule has 1 aromatic rings. The lowest BCUT2D eigenvalue weighted by Gasteiger charge is -2.29. The van der Waals surface area contributed by atoms with Crippen molar-refractivity contribution >= 4 is 5.82 Å². The van der Waals surface area contributed by atoms with E-state index in [9.17, 15) is 0 Å². The molecule has 1 unspecified atom stereocenters. The third-order valence-corrected chi connectivity index (χ3v) is 3.06. The lowest BCUT2D eigenvalue weighted by Crippen LogP contribution is -2.35. The average molecular weight is 231 g/mol. The Hall–Kier alpha value is -1.67. The summed E-state index contributed by atoms with van der Waals surface area (Å²) in [5, 5.41) is 11.9. The standard InChI is InChI=1S/C12H17N5/c1-17-4-2-3-10(9-17)6-15-12-8-14-11(5-13)7-16-12/h7-8,10H,2-4,6,9H2,1H3,(H,15,16). The van der Waals surface area contributed by atoms with E-state index in [2.05, 4.69) is 27.2 Å². The van der Waals surface area contributed by atoms with Gasteiger partial charge in [-0.25, -0.2) is 9.97 Å². The number of aromatic nitrogens is 2. The number of nitrogens with zero attached hydrogens (tertiary/aromatic N) is 4. The fourth-order valence-corrected chi connectivity index (χ4v) is 2.17. The van der Waals surface area contributed by atoms with E-state index < -0.39 is 0 Å². The van der Waals surface area contributed by atoms with Gasteiger partial charge in [0, 0.05) is 13.1 Å². The van der Waals surface area contributed by atoms with E-state index in [1.54, 1.807) is 6.20 Å². The molecule has 17 heavy (non-hydrogen) atoms. The van der Waals surface area contributed by atoms with Crippen LogP contribution in [-0.2, 0) is 0 Å². The SMILES string of the molecule is CN1CCCC(CNc2cnc(C#N)cn2)C1. The van der Waals surface area contributed by atoms with Crippen LogP contribution >= 0.6 is 0 Å². The highest BCUT2D eigenvalue weighted by molar-refractivity contribution is 5.33. The Kier molecular flexibility index (Phi) is 3.89. The minimum atomic E-state index is 0.355. The number of hydrogen-bond acceptors (Lipinski definition) is 5. The van der Waals surface area contributed by atoms with Crippen molar-refractivity contribution < 1.29 is 0 Å². The van der Waals surface area contributed by atoms with E-state index in [-0.39, 0.29) is 0 Å². The first-order chi connectivity index (χ1) is 8.28. The van der Waals surface area contributed by atoms with Crippen LogP contribution in [0.15, 0.2) is 12.4 Å². The molecule has 0 saturated carbocycles. The van der Waals surface area contributed by atoms with Crippen molar-refractivity contribution in [2.45, 2.75) is 12.8 Å². The van der Waals surface area contributed by atoms with Crippen LogP contribution in [0.1, 0.15) is 18.5 Å². The number of rotatable bonds is 3. The van der Waals surface area contributed by atoms with Crippen LogP contribution < -0.4 is 5.32 Å². The third-order valence-electron chi connectivity index (χ3n) is 3.06. The summed E-state index contributed by atoms with van der Waals surface area (Å²) in [5.41, 5.74) is 0.355. The molecule has 1 atom stereocenters. The summed E-state index contributed by atoms with van der Waals surface area (Å²) in [4.78, 5) is 10.5. The van der Waals surface area contributed by atoms with Gasteiger partial charge in [0.05, 0.1) is 12.4 Å². The highest BCUT2D eigenvalue weighted by Gasteiger charge is 2.16. The highest BCUT2D eigenvalue weighted by Crippen LogP contribution is 2.15. The van der Waals surface area contributed by atoms with Gasteiger partial charge in [0.2, 0.25) is 0 Å². The molecule has 0 aliphatic carbocycles. The summed E-state index contributed by atoms with van der Waals surface area (Å²) in [6.07, 6.45) is 5.64. The normalized spacial score (nSPS) is 20.8. The molecule has 1 saturated heterocycles. The van der Waals surface area contributed by atoms with Crippen molar-refractivity contribution in [2.24, 2.45) is 5.92 Å². The lowest BCUT2D eigenvalue weighted by atomic mass is 9.98. The molecular formula is C12H17N5. The van der Waals surface area contributed by atoms with Crippen molar-refractivity contribution in [3.63, 3.8) is 0 Å². The summed E-state index contributed by atoms with van der Waals surface area (Å²) < 4.78 is 0. The maximum Gasteiger partial charge on any atom is 0.158 e. The maximum absolute atomic E-state index is 8.61. The van der Waals surface area contributed by atoms with Gasteiger partial charge >= 0.3 is 0 Å². The molecule has 1 N–H and O–H groups in total. The lowest BCUT2D eigenvalue weighted by molar-refractivity contribution is 0.217. The molecule has 5 nitrogen and oxygen atoms in total. The second kappa shape index (κ2) is 5.60. The van der Waals surface area contributed by atoms with Crippen molar-refractivity contribution in [1.82, 2.24) is 14.9 Å². The zero-order chi connectivity index (χ0) is 12.1. The topological polar surface area (TPSA) is 64.8 Å². The van der Waals surface area contributed by atoms with Gasteiger partial charge in [-0.15, -0.1) is 0 Å². The quantitative estimate of drug-likeness (QED) is 0.844. The van der Waals surface area contributed by atoms with Crippen LogP contribution in [0.25, 0.3) is 0 Å². The van der Waals surface area contributed by atoms with Gasteiger partial charge in [0.15, 0.2) is 5.69 Å². The van der Waals surface area contributed by atoms with E-state index in [4.69, 9.17) is 5.26 Å². The number of likely N-dealkylation sites (tertiary alicyclic amines) is 1. The number of anilines is 1. The zero-order valence-corrected chi connectivity index (χ0v) is 10.1. The van der Waals surface area contributed by atoms with Crippen molar-refractivity contribution in [3.05, 3.63) is 18.1 Å². The van der Waals surface area contributed by atoms with Gasteiger partial charge in [-0.2, -0.15) is 5.26 Å². The van der Waals surface area contributed by atoms with E-state index in [1.807, 2.05) is 6.07 Å². The molecule has 0 radical (unpaired) electrons. The summed E-state index contributed by atoms with van der Waals surface area (Å²) in [6, 6.07) is 1.96. The Morgan fingerprint density at radius 3 is 3.06 bits per heavy atom. The Labute approximate surface area is 101 Å². The highest BCUT2D eigenvalue weighted by atomic mass is 15.1. The van der Waals surface area contributed by atoms with Crippen LogP contribution in [-0.4, -0.2) is 41.5 Å². The molecule has 90 valence electrons. The Morgan fingerprint density at radius 1 is 1.53 bits per heavy atom. The fourth-order valence-electron chi connectivity index (χ4n) is 2.17. The fraction of sp³-hybridized carbons (Fsp3) is 0.583. The van der Waals surface area contributed by atoms with E-state index in [0.29, 0.717) is 11.6 Å². The summed E-state index contributed by atoms with van der Waals surface area (Å²) in [6.45, 7) is 3.26. The Morgan fingerprint density at radius 2 is 2.41 bits per heavy atom. The predicted octanol–water partition coefficient (Wildman–Crippen LogP) is 1.10. The van der Waals surface area contributed by atoms with Crippen LogP contribution in [0.3, 0.4) is 0 Å². The number of piperidine rings is 1. The van der Waals surface area contributed by atoms with Gasteiger partial charge in [0.25, 0.3) is 0 Å². The van der Waals surface area contributed by atoms with Crippen LogP contribution in [0, 0.1) is 17.2 Å². The molecule has 1 fully saturated rings. The Bertz CT molecular complexity index is 394. The Balaban J connectivity index is 1.83. The van der Waals surface area contributed by atoms with E-state index in [0.717, 1.165) is 18.9 Å². The summed E-state index contributed by atoms with van der Waals surface area (Å²) in [5.74, 6) is 1.42.